The van der Waals surface area contributed by atoms with E-state index in [9.17, 15) is 9.59 Å². The highest BCUT2D eigenvalue weighted by molar-refractivity contribution is 7.98. The number of carboxylic acid groups (broad SMARTS) is 1. The molecule has 1 aliphatic rings. The van der Waals surface area contributed by atoms with Crippen LogP contribution in [0.25, 0.3) is 0 Å². The Balaban J connectivity index is 1.92. The van der Waals surface area contributed by atoms with Crippen molar-refractivity contribution in [3.8, 4) is 0 Å². The van der Waals surface area contributed by atoms with Crippen molar-refractivity contribution in [1.29, 1.82) is 0 Å². The van der Waals surface area contributed by atoms with Gasteiger partial charge in [-0.2, -0.15) is 0 Å². The van der Waals surface area contributed by atoms with Gasteiger partial charge in [0.1, 0.15) is 0 Å². The molecule has 1 amide bonds. The van der Waals surface area contributed by atoms with E-state index in [-0.39, 0.29) is 12.3 Å². The molecular formula is C16H21NO3S. The van der Waals surface area contributed by atoms with E-state index >= 15 is 0 Å². The number of thioether (sulfide) groups is 1. The van der Waals surface area contributed by atoms with Gasteiger partial charge in [0.05, 0.1) is 5.56 Å². The zero-order valence-corrected chi connectivity index (χ0v) is 13.1. The van der Waals surface area contributed by atoms with Crippen molar-refractivity contribution in [1.82, 2.24) is 4.90 Å². The summed E-state index contributed by atoms with van der Waals surface area (Å²) in [5.74, 6) is -0.208. The van der Waals surface area contributed by atoms with Crippen molar-refractivity contribution in [2.75, 3.05) is 19.3 Å². The van der Waals surface area contributed by atoms with Crippen LogP contribution in [0, 0.1) is 5.92 Å². The molecule has 0 aliphatic carbocycles. The highest BCUT2D eigenvalue weighted by Crippen LogP contribution is 2.26. The largest absolute Gasteiger partial charge is 0.481 e. The van der Waals surface area contributed by atoms with Crippen LogP contribution < -0.4 is 0 Å². The molecular weight excluding hydrogens is 286 g/mol. The number of likely N-dealkylation sites (tertiary alicyclic amines) is 1. The fraction of sp³-hybridized carbons (Fsp3) is 0.500. The molecule has 0 saturated carbocycles. The highest BCUT2D eigenvalue weighted by Gasteiger charge is 2.25. The van der Waals surface area contributed by atoms with E-state index in [1.165, 1.54) is 0 Å². The Kier molecular flexibility index (Phi) is 5.67. The molecule has 1 aliphatic heterocycles. The lowest BCUT2D eigenvalue weighted by molar-refractivity contribution is -0.137. The molecule has 0 aromatic heterocycles. The van der Waals surface area contributed by atoms with Crippen LogP contribution >= 0.6 is 11.8 Å². The number of hydrogen-bond donors (Lipinski definition) is 1. The molecule has 0 atom stereocenters. The maximum Gasteiger partial charge on any atom is 0.303 e. The number of aliphatic carboxylic acids is 1. The predicted molar refractivity (Wildman–Crippen MR) is 83.7 cm³/mol. The molecule has 21 heavy (non-hydrogen) atoms. The third-order valence-corrected chi connectivity index (χ3v) is 4.80. The molecule has 2 rings (SSSR count). The number of carboxylic acids is 1. The lowest BCUT2D eigenvalue weighted by Crippen LogP contribution is -2.38. The van der Waals surface area contributed by atoms with E-state index in [2.05, 4.69) is 0 Å². The molecule has 0 radical (unpaired) electrons. The first-order valence-electron chi connectivity index (χ1n) is 7.26. The normalized spacial score (nSPS) is 16.0. The van der Waals surface area contributed by atoms with Crippen LogP contribution in [0.3, 0.4) is 0 Å². The molecule has 0 spiro atoms. The number of hydrogen-bond acceptors (Lipinski definition) is 3. The Morgan fingerprint density at radius 3 is 2.57 bits per heavy atom. The molecule has 1 aromatic rings. The fourth-order valence-electron chi connectivity index (χ4n) is 2.74. The fourth-order valence-corrected chi connectivity index (χ4v) is 3.33. The van der Waals surface area contributed by atoms with Gasteiger partial charge in [0.15, 0.2) is 0 Å². The van der Waals surface area contributed by atoms with Crippen LogP contribution in [-0.4, -0.2) is 41.2 Å². The van der Waals surface area contributed by atoms with Crippen molar-refractivity contribution < 1.29 is 14.7 Å². The lowest BCUT2D eigenvalue weighted by Gasteiger charge is -2.32. The zero-order valence-electron chi connectivity index (χ0n) is 12.2. The van der Waals surface area contributed by atoms with E-state index in [1.807, 2.05) is 35.4 Å². The van der Waals surface area contributed by atoms with Gasteiger partial charge < -0.3 is 10.0 Å². The van der Waals surface area contributed by atoms with E-state index in [1.54, 1.807) is 11.8 Å². The van der Waals surface area contributed by atoms with Gasteiger partial charge in [-0.1, -0.05) is 12.1 Å². The third-order valence-electron chi connectivity index (χ3n) is 4.01. The summed E-state index contributed by atoms with van der Waals surface area (Å²) in [6.45, 7) is 1.46. The van der Waals surface area contributed by atoms with Crippen LogP contribution in [0.2, 0.25) is 0 Å². The minimum absolute atomic E-state index is 0.0941. The third kappa shape index (κ3) is 4.24. The van der Waals surface area contributed by atoms with E-state index < -0.39 is 5.97 Å². The minimum atomic E-state index is -0.734. The van der Waals surface area contributed by atoms with E-state index in [0.29, 0.717) is 5.92 Å². The second kappa shape index (κ2) is 7.50. The average molecular weight is 307 g/mol. The number of piperidine rings is 1. The zero-order chi connectivity index (χ0) is 15.2. The molecule has 114 valence electrons. The number of carbonyl (C=O) groups excluding carboxylic acids is 1. The van der Waals surface area contributed by atoms with E-state index in [4.69, 9.17) is 5.11 Å². The summed E-state index contributed by atoms with van der Waals surface area (Å²) < 4.78 is 0. The summed E-state index contributed by atoms with van der Waals surface area (Å²) >= 11 is 1.59. The monoisotopic (exact) mass is 307 g/mol. The van der Waals surface area contributed by atoms with Crippen molar-refractivity contribution in [2.45, 2.75) is 30.6 Å². The first-order valence-corrected chi connectivity index (χ1v) is 8.48. The number of benzene rings is 1. The Morgan fingerprint density at radius 2 is 1.95 bits per heavy atom. The van der Waals surface area contributed by atoms with Crippen LogP contribution in [-0.2, 0) is 4.79 Å². The standard InChI is InChI=1S/C16H21NO3S/c1-21-14-5-3-2-4-13(14)16(20)17-10-8-12(9-11-17)6-7-15(18)19/h2-5,12H,6-11H2,1H3,(H,18,19). The topological polar surface area (TPSA) is 57.6 Å². The molecule has 5 heteroatoms. The molecule has 4 nitrogen and oxygen atoms in total. The maximum atomic E-state index is 12.6. The SMILES string of the molecule is CSc1ccccc1C(=O)N1CCC(CCC(=O)O)CC1. The minimum Gasteiger partial charge on any atom is -0.481 e. The van der Waals surface area contributed by atoms with Crippen LogP contribution in [0.5, 0.6) is 0 Å². The molecule has 1 heterocycles. The van der Waals surface area contributed by atoms with Gasteiger partial charge in [-0.3, -0.25) is 9.59 Å². The van der Waals surface area contributed by atoms with Gasteiger partial charge in [-0.25, -0.2) is 0 Å². The first kappa shape index (κ1) is 15.9. The quantitative estimate of drug-likeness (QED) is 0.849. The number of carbonyl (C=O) groups is 2. The van der Waals surface area contributed by atoms with Gasteiger partial charge in [0, 0.05) is 24.4 Å². The molecule has 1 fully saturated rings. The summed E-state index contributed by atoms with van der Waals surface area (Å²) in [6.07, 6.45) is 4.73. The molecule has 1 N–H and O–H groups in total. The van der Waals surface area contributed by atoms with Gasteiger partial charge in [-0.15, -0.1) is 11.8 Å². The summed E-state index contributed by atoms with van der Waals surface area (Å²) in [5.41, 5.74) is 0.772. The van der Waals surface area contributed by atoms with Gasteiger partial charge >= 0.3 is 5.97 Å². The maximum absolute atomic E-state index is 12.6. The van der Waals surface area contributed by atoms with Gasteiger partial charge in [0.2, 0.25) is 0 Å². The van der Waals surface area contributed by atoms with Gasteiger partial charge in [0.25, 0.3) is 5.91 Å². The summed E-state index contributed by atoms with van der Waals surface area (Å²) in [6, 6.07) is 7.69. The van der Waals surface area contributed by atoms with Crippen molar-refractivity contribution in [2.24, 2.45) is 5.92 Å². The summed E-state index contributed by atoms with van der Waals surface area (Å²) in [5, 5.41) is 8.72. The Labute approximate surface area is 129 Å². The number of nitrogens with zero attached hydrogens (tertiary/aromatic N) is 1. The Morgan fingerprint density at radius 1 is 1.29 bits per heavy atom. The predicted octanol–water partition coefficient (Wildman–Crippen LogP) is 3.13. The van der Waals surface area contributed by atoms with Gasteiger partial charge in [-0.05, 0) is 43.6 Å². The van der Waals surface area contributed by atoms with Crippen LogP contribution in [0.4, 0.5) is 0 Å². The molecule has 0 unspecified atom stereocenters. The Bertz CT molecular complexity index is 510. The average Bonchev–Trinajstić information content (AvgIpc) is 2.52. The lowest BCUT2D eigenvalue weighted by atomic mass is 9.92. The highest BCUT2D eigenvalue weighted by atomic mass is 32.2. The summed E-state index contributed by atoms with van der Waals surface area (Å²) in [7, 11) is 0. The van der Waals surface area contributed by atoms with E-state index in [0.717, 1.165) is 42.8 Å². The number of amides is 1. The number of rotatable bonds is 5. The van der Waals surface area contributed by atoms with Crippen LogP contribution in [0.15, 0.2) is 29.2 Å². The molecule has 1 aromatic carbocycles. The Hall–Kier alpha value is -1.49. The second-order valence-electron chi connectivity index (χ2n) is 5.37. The molecule has 1 saturated heterocycles. The summed E-state index contributed by atoms with van der Waals surface area (Å²) in [4.78, 5) is 26.1. The van der Waals surface area contributed by atoms with Crippen molar-refractivity contribution in [3.63, 3.8) is 0 Å². The first-order chi connectivity index (χ1) is 10.1. The van der Waals surface area contributed by atoms with Crippen molar-refractivity contribution >= 4 is 23.6 Å². The smallest absolute Gasteiger partial charge is 0.303 e. The van der Waals surface area contributed by atoms with Crippen LogP contribution in [0.1, 0.15) is 36.0 Å². The van der Waals surface area contributed by atoms with Crippen molar-refractivity contribution in [3.05, 3.63) is 29.8 Å². The second-order valence-corrected chi connectivity index (χ2v) is 6.22. The molecule has 0 bridgehead atoms.